The van der Waals surface area contributed by atoms with Crippen LogP contribution in [0.1, 0.15) is 61.5 Å². The van der Waals surface area contributed by atoms with E-state index in [4.69, 9.17) is 0 Å². The maximum atomic E-state index is 13.4. The van der Waals surface area contributed by atoms with Crippen molar-refractivity contribution in [2.75, 3.05) is 24.6 Å². The molecular formula is C29H38FN5O4S. The first-order valence-corrected chi connectivity index (χ1v) is 15.8. The Hall–Kier alpha value is -2.99. The molecule has 2 heterocycles. The van der Waals surface area contributed by atoms with Crippen LogP contribution < -0.4 is 10.9 Å². The molecule has 0 bridgehead atoms. The quantitative estimate of drug-likeness (QED) is 0.342. The highest BCUT2D eigenvalue weighted by molar-refractivity contribution is 8.24. The number of fused-ring (bicyclic) bond motifs is 1. The molecule has 5 rings (SSSR count). The summed E-state index contributed by atoms with van der Waals surface area (Å²) in [6.45, 7) is 5.86. The third kappa shape index (κ3) is 6.65. The van der Waals surface area contributed by atoms with Crippen molar-refractivity contribution in [1.29, 1.82) is 0 Å². The second kappa shape index (κ2) is 11.9. The lowest BCUT2D eigenvalue weighted by molar-refractivity contribution is -0.126. The lowest BCUT2D eigenvalue weighted by Crippen LogP contribution is -2.38. The Kier molecular flexibility index (Phi) is 8.46. The molecule has 4 N–H and O–H groups in total. The number of carbonyl (C=O) groups excluding carboxylic acids is 2. The highest BCUT2D eigenvalue weighted by atomic mass is 32.3. The second-order valence-corrected chi connectivity index (χ2v) is 13.7. The van der Waals surface area contributed by atoms with Gasteiger partial charge in [0.1, 0.15) is 5.82 Å². The Morgan fingerprint density at radius 3 is 2.40 bits per heavy atom. The number of rotatable bonds is 6. The zero-order chi connectivity index (χ0) is 28.4. The molecule has 3 aromatic rings. The van der Waals surface area contributed by atoms with Gasteiger partial charge in [0.15, 0.2) is 0 Å². The number of aromatic amines is 1. The van der Waals surface area contributed by atoms with Gasteiger partial charge in [-0.25, -0.2) is 4.39 Å². The van der Waals surface area contributed by atoms with E-state index < -0.39 is 22.3 Å². The lowest BCUT2D eigenvalue weighted by atomic mass is 9.85. The number of amides is 2. The third-order valence-electron chi connectivity index (χ3n) is 7.83. The Labute approximate surface area is 234 Å². The Morgan fingerprint density at radius 2 is 1.75 bits per heavy atom. The average Bonchev–Trinajstić information content (AvgIpc) is 3.27. The molecule has 2 amide bonds. The van der Waals surface area contributed by atoms with E-state index in [-0.39, 0.29) is 23.9 Å². The van der Waals surface area contributed by atoms with Gasteiger partial charge in [-0.15, -0.1) is 0 Å². The molecule has 1 saturated heterocycles. The van der Waals surface area contributed by atoms with Crippen LogP contribution in [0.2, 0.25) is 0 Å². The van der Waals surface area contributed by atoms with Crippen LogP contribution in [0.15, 0.2) is 47.5 Å². The lowest BCUT2D eigenvalue weighted by Gasteiger charge is -2.41. The summed E-state index contributed by atoms with van der Waals surface area (Å²) < 4.78 is 35.4. The molecule has 40 heavy (non-hydrogen) atoms. The number of nitrogens with zero attached hydrogens (tertiary/aromatic N) is 3. The van der Waals surface area contributed by atoms with E-state index in [1.54, 1.807) is 0 Å². The number of imidazole rings is 1. The molecule has 0 spiro atoms. The van der Waals surface area contributed by atoms with E-state index in [9.17, 15) is 23.1 Å². The van der Waals surface area contributed by atoms with Crippen molar-refractivity contribution in [3.63, 3.8) is 0 Å². The summed E-state index contributed by atoms with van der Waals surface area (Å²) >= 11 is 0. The van der Waals surface area contributed by atoms with Crippen LogP contribution in [-0.2, 0) is 11.3 Å². The van der Waals surface area contributed by atoms with Gasteiger partial charge in [-0.3, -0.25) is 23.6 Å². The van der Waals surface area contributed by atoms with E-state index >= 15 is 0 Å². The first-order valence-electron chi connectivity index (χ1n) is 13.9. The largest absolute Gasteiger partial charge is 0.354 e. The number of benzene rings is 2. The molecule has 11 heteroatoms. The van der Waals surface area contributed by atoms with Crippen molar-refractivity contribution < 1.29 is 23.1 Å². The summed E-state index contributed by atoms with van der Waals surface area (Å²) in [5.41, 5.74) is 3.60. The third-order valence-corrected chi connectivity index (χ3v) is 9.51. The number of nitrogens with one attached hydrogen (secondary N) is 2. The summed E-state index contributed by atoms with van der Waals surface area (Å²) in [6.07, 6.45) is 3.03. The van der Waals surface area contributed by atoms with Gasteiger partial charge in [0.05, 0.1) is 22.5 Å². The molecule has 2 aliphatic rings. The number of halogens is 1. The minimum Gasteiger partial charge on any atom is -0.354 e. The minimum absolute atomic E-state index is 0.0346. The molecule has 9 nitrogen and oxygen atoms in total. The maximum absolute atomic E-state index is 13.4. The fraction of sp³-hybridized carbons (Fsp3) is 0.483. The summed E-state index contributed by atoms with van der Waals surface area (Å²) in [6, 6.07) is 11.6. The monoisotopic (exact) mass is 571 g/mol. The zero-order valence-corrected chi connectivity index (χ0v) is 23.8. The van der Waals surface area contributed by atoms with E-state index in [1.165, 1.54) is 24.3 Å². The number of hydrogen-bond acceptors (Lipinski definition) is 5. The first kappa shape index (κ1) is 28.5. The molecule has 216 valence electrons. The van der Waals surface area contributed by atoms with Gasteiger partial charge in [-0.1, -0.05) is 6.07 Å². The van der Waals surface area contributed by atoms with Gasteiger partial charge in [0, 0.05) is 43.2 Å². The molecule has 1 aliphatic heterocycles. The first-order chi connectivity index (χ1) is 19.1. The van der Waals surface area contributed by atoms with Crippen molar-refractivity contribution in [3.8, 4) is 0 Å². The number of hydrogen-bond donors (Lipinski definition) is 4. The van der Waals surface area contributed by atoms with Crippen molar-refractivity contribution in [1.82, 2.24) is 19.8 Å². The van der Waals surface area contributed by atoms with Crippen molar-refractivity contribution in [2.24, 2.45) is 10.9 Å². The minimum atomic E-state index is -2.46. The Bertz CT molecular complexity index is 1430. The number of carbonyl (C=O) groups is 2. The summed E-state index contributed by atoms with van der Waals surface area (Å²) in [4.78, 5) is 35.6. The second-order valence-electron chi connectivity index (χ2n) is 11.2. The highest BCUT2D eigenvalue weighted by Crippen LogP contribution is 2.40. The average molecular weight is 572 g/mol. The van der Waals surface area contributed by atoms with Crippen LogP contribution in [0, 0.1) is 11.7 Å². The molecule has 1 aromatic heterocycles. The Morgan fingerprint density at radius 1 is 1.07 bits per heavy atom. The summed E-state index contributed by atoms with van der Waals surface area (Å²) in [7, 11) is -2.46. The van der Waals surface area contributed by atoms with Crippen molar-refractivity contribution >= 4 is 33.4 Å². The SMILES string of the molecule is CC(C)NC(=O)[C@H]1CC[C@@H](n2/c(=N/C(=O)c3ccc(F)cc3)[nH]c3ccc(CN4CCS(O)(O)CC4)cc32)CC1. The van der Waals surface area contributed by atoms with Gasteiger partial charge < -0.3 is 14.9 Å². The van der Waals surface area contributed by atoms with E-state index in [1.807, 2.05) is 26.0 Å². The maximum Gasteiger partial charge on any atom is 0.280 e. The van der Waals surface area contributed by atoms with Crippen molar-refractivity contribution in [2.45, 2.75) is 58.2 Å². The molecule has 0 atom stereocenters. The highest BCUT2D eigenvalue weighted by Gasteiger charge is 2.29. The predicted molar refractivity (Wildman–Crippen MR) is 155 cm³/mol. The predicted octanol–water partition coefficient (Wildman–Crippen LogP) is 4.67. The van der Waals surface area contributed by atoms with E-state index in [0.717, 1.165) is 42.3 Å². The molecule has 2 fully saturated rings. The van der Waals surface area contributed by atoms with E-state index in [0.29, 0.717) is 42.3 Å². The zero-order valence-electron chi connectivity index (χ0n) is 23.0. The van der Waals surface area contributed by atoms with Crippen LogP contribution in [0.4, 0.5) is 4.39 Å². The van der Waals surface area contributed by atoms with Crippen molar-refractivity contribution in [3.05, 3.63) is 65.0 Å². The smallest absolute Gasteiger partial charge is 0.280 e. The normalized spacial score (nSPS) is 22.9. The van der Waals surface area contributed by atoms with Crippen LogP contribution in [-0.4, -0.2) is 66.0 Å². The molecule has 0 radical (unpaired) electrons. The van der Waals surface area contributed by atoms with Gasteiger partial charge >= 0.3 is 0 Å². The van der Waals surface area contributed by atoms with Crippen LogP contribution in [0.5, 0.6) is 0 Å². The fourth-order valence-corrected chi connectivity index (χ4v) is 6.96. The topological polar surface area (TPSA) is 123 Å². The standard InChI is InChI=1S/C29H38FN5O4S/c1-19(2)31-27(36)22-6-10-24(11-7-22)35-26-17-20(18-34-13-15-40(38,39)16-14-34)3-12-25(26)32-29(35)33-28(37)21-4-8-23(30)9-5-21/h3-5,8-9,12,17,19,22,24,38-39H,6-7,10-11,13-16,18H2,1-2H3,(H,31,36)(H,32,33,37)/t22-,24+. The molecule has 2 aromatic carbocycles. The summed E-state index contributed by atoms with van der Waals surface area (Å²) in [5, 5.41) is 3.03. The van der Waals surface area contributed by atoms with Gasteiger partial charge in [0.25, 0.3) is 5.91 Å². The van der Waals surface area contributed by atoms with Crippen LogP contribution >= 0.6 is 10.6 Å². The van der Waals surface area contributed by atoms with Gasteiger partial charge in [-0.05, 0) is 81.5 Å². The number of aromatic nitrogens is 2. The van der Waals surface area contributed by atoms with Crippen LogP contribution in [0.3, 0.4) is 0 Å². The van der Waals surface area contributed by atoms with Gasteiger partial charge in [-0.2, -0.15) is 15.6 Å². The fourth-order valence-electron chi connectivity index (χ4n) is 5.66. The molecule has 1 saturated carbocycles. The Balaban J connectivity index is 1.46. The molecule has 0 unspecified atom stereocenters. The summed E-state index contributed by atoms with van der Waals surface area (Å²) in [5.74, 6) is -0.0372. The van der Waals surface area contributed by atoms with Gasteiger partial charge in [0.2, 0.25) is 11.5 Å². The van der Waals surface area contributed by atoms with E-state index in [2.05, 4.69) is 30.8 Å². The number of H-pyrrole nitrogens is 1. The molecular weight excluding hydrogens is 533 g/mol. The molecule has 1 aliphatic carbocycles. The van der Waals surface area contributed by atoms with Crippen LogP contribution in [0.25, 0.3) is 11.0 Å².